The number of nitrogens with zero attached hydrogens (tertiary/aromatic N) is 1. The zero-order chi connectivity index (χ0) is 12.2. The van der Waals surface area contributed by atoms with Crippen molar-refractivity contribution in [2.24, 2.45) is 0 Å². The van der Waals surface area contributed by atoms with Gasteiger partial charge in [-0.15, -0.1) is 0 Å². The van der Waals surface area contributed by atoms with Gasteiger partial charge in [0.2, 0.25) is 0 Å². The van der Waals surface area contributed by atoms with Crippen LogP contribution >= 0.6 is 0 Å². The van der Waals surface area contributed by atoms with Gasteiger partial charge in [-0.25, -0.2) is 0 Å². The van der Waals surface area contributed by atoms with E-state index in [1.165, 1.54) is 37.2 Å². The average Bonchev–Trinajstić information content (AvgIpc) is 2.82. The van der Waals surface area contributed by atoms with Crippen molar-refractivity contribution in [1.82, 2.24) is 0 Å². The molecular weight excluding hydrogens is 218 g/mol. The highest BCUT2D eigenvalue weighted by Crippen LogP contribution is 2.25. The SMILES string of the molecule is C1=CC=CC(c2ccc(N3CCCC3)cc2)C=C1. The summed E-state index contributed by atoms with van der Waals surface area (Å²) >= 11 is 0. The second-order valence-corrected chi connectivity index (χ2v) is 4.97. The van der Waals surface area contributed by atoms with Crippen LogP contribution in [0.5, 0.6) is 0 Å². The zero-order valence-electron chi connectivity index (χ0n) is 10.6. The lowest BCUT2D eigenvalue weighted by Gasteiger charge is -2.18. The predicted octanol–water partition coefficient (Wildman–Crippen LogP) is 4.05. The van der Waals surface area contributed by atoms with Gasteiger partial charge < -0.3 is 4.90 Å². The van der Waals surface area contributed by atoms with Gasteiger partial charge >= 0.3 is 0 Å². The highest BCUT2D eigenvalue weighted by Gasteiger charge is 2.12. The van der Waals surface area contributed by atoms with Crippen LogP contribution in [0.4, 0.5) is 5.69 Å². The fourth-order valence-corrected chi connectivity index (χ4v) is 2.67. The minimum absolute atomic E-state index is 0.410. The summed E-state index contributed by atoms with van der Waals surface area (Å²) in [7, 11) is 0. The lowest BCUT2D eigenvalue weighted by Crippen LogP contribution is -2.17. The van der Waals surface area contributed by atoms with Gasteiger partial charge in [-0.3, -0.25) is 0 Å². The van der Waals surface area contributed by atoms with Crippen molar-refractivity contribution in [3.63, 3.8) is 0 Å². The smallest absolute Gasteiger partial charge is 0.0366 e. The maximum atomic E-state index is 2.48. The van der Waals surface area contributed by atoms with E-state index < -0.39 is 0 Å². The third kappa shape index (κ3) is 2.40. The van der Waals surface area contributed by atoms with E-state index in [4.69, 9.17) is 0 Å². The van der Waals surface area contributed by atoms with Gasteiger partial charge in [0.15, 0.2) is 0 Å². The summed E-state index contributed by atoms with van der Waals surface area (Å²) in [6.45, 7) is 2.43. The summed E-state index contributed by atoms with van der Waals surface area (Å²) < 4.78 is 0. The maximum Gasteiger partial charge on any atom is 0.0366 e. The minimum atomic E-state index is 0.410. The summed E-state index contributed by atoms with van der Waals surface area (Å²) in [4.78, 5) is 2.48. The van der Waals surface area contributed by atoms with Gasteiger partial charge in [0.25, 0.3) is 0 Å². The van der Waals surface area contributed by atoms with E-state index in [1.807, 2.05) is 0 Å². The highest BCUT2D eigenvalue weighted by molar-refractivity contribution is 5.50. The molecular formula is C17H19N. The molecule has 92 valence electrons. The van der Waals surface area contributed by atoms with Crippen molar-refractivity contribution in [3.8, 4) is 0 Å². The summed E-state index contributed by atoms with van der Waals surface area (Å²) in [5.41, 5.74) is 2.74. The molecule has 1 saturated heterocycles. The van der Waals surface area contributed by atoms with Crippen LogP contribution in [-0.2, 0) is 0 Å². The molecule has 0 N–H and O–H groups in total. The highest BCUT2D eigenvalue weighted by atomic mass is 15.1. The van der Waals surface area contributed by atoms with E-state index in [2.05, 4.69) is 65.6 Å². The van der Waals surface area contributed by atoms with Gasteiger partial charge in [-0.2, -0.15) is 0 Å². The second kappa shape index (κ2) is 5.26. The number of hydrogen-bond acceptors (Lipinski definition) is 1. The number of benzene rings is 1. The minimum Gasteiger partial charge on any atom is -0.372 e. The number of allylic oxidation sites excluding steroid dienone is 6. The molecule has 1 heterocycles. The Kier molecular flexibility index (Phi) is 3.31. The van der Waals surface area contributed by atoms with Gasteiger partial charge in [0.05, 0.1) is 0 Å². The van der Waals surface area contributed by atoms with E-state index in [0.29, 0.717) is 5.92 Å². The van der Waals surface area contributed by atoms with Gasteiger partial charge in [-0.05, 0) is 30.5 Å². The lowest BCUT2D eigenvalue weighted by molar-refractivity contribution is 0.949. The van der Waals surface area contributed by atoms with Crippen molar-refractivity contribution in [1.29, 1.82) is 0 Å². The van der Waals surface area contributed by atoms with E-state index in [9.17, 15) is 0 Å². The first kappa shape index (κ1) is 11.3. The Morgan fingerprint density at radius 3 is 2.00 bits per heavy atom. The number of rotatable bonds is 2. The first-order valence-corrected chi connectivity index (χ1v) is 6.80. The second-order valence-electron chi connectivity index (χ2n) is 4.97. The molecule has 0 saturated carbocycles. The Balaban J connectivity index is 1.78. The number of hydrogen-bond donors (Lipinski definition) is 0. The standard InChI is InChI=1S/C17H19N/c1-2-4-8-15(7-3-1)16-9-11-17(12-10-16)18-13-5-6-14-18/h1-4,7-12,15H,5-6,13-14H2. The Morgan fingerprint density at radius 2 is 1.39 bits per heavy atom. The molecule has 0 aromatic heterocycles. The molecule has 18 heavy (non-hydrogen) atoms. The van der Waals surface area contributed by atoms with E-state index in [-0.39, 0.29) is 0 Å². The van der Waals surface area contributed by atoms with Gasteiger partial charge in [0.1, 0.15) is 0 Å². The fourth-order valence-electron chi connectivity index (χ4n) is 2.67. The van der Waals surface area contributed by atoms with Crippen LogP contribution in [0.1, 0.15) is 24.3 Å². The van der Waals surface area contributed by atoms with Crippen LogP contribution in [0.2, 0.25) is 0 Å². The molecule has 0 atom stereocenters. The van der Waals surface area contributed by atoms with Crippen LogP contribution in [0.15, 0.2) is 60.7 Å². The van der Waals surface area contributed by atoms with E-state index >= 15 is 0 Å². The molecule has 1 nitrogen and oxygen atoms in total. The third-order valence-electron chi connectivity index (χ3n) is 3.72. The normalized spacial score (nSPS) is 19.4. The first-order valence-electron chi connectivity index (χ1n) is 6.80. The maximum absolute atomic E-state index is 2.48. The van der Waals surface area contributed by atoms with Gasteiger partial charge in [-0.1, -0.05) is 48.6 Å². The molecule has 1 aromatic carbocycles. The first-order chi connectivity index (χ1) is 8.93. The largest absolute Gasteiger partial charge is 0.372 e. The zero-order valence-corrected chi connectivity index (χ0v) is 10.6. The molecule has 0 bridgehead atoms. The fraction of sp³-hybridized carbons (Fsp3) is 0.294. The molecule has 1 aliphatic carbocycles. The van der Waals surface area contributed by atoms with Gasteiger partial charge in [0, 0.05) is 24.7 Å². The Labute approximate surface area is 109 Å². The average molecular weight is 237 g/mol. The van der Waals surface area contributed by atoms with Crippen LogP contribution in [-0.4, -0.2) is 13.1 Å². The van der Waals surface area contributed by atoms with Crippen molar-refractivity contribution in [2.45, 2.75) is 18.8 Å². The quantitative estimate of drug-likeness (QED) is 0.750. The molecule has 1 heteroatoms. The summed E-state index contributed by atoms with van der Waals surface area (Å²) in [6, 6.07) is 9.05. The molecule has 1 aliphatic heterocycles. The summed E-state index contributed by atoms with van der Waals surface area (Å²) in [6.07, 6.45) is 15.6. The van der Waals surface area contributed by atoms with Crippen molar-refractivity contribution in [3.05, 3.63) is 66.3 Å². The molecule has 0 unspecified atom stereocenters. The van der Waals surface area contributed by atoms with Crippen molar-refractivity contribution in [2.75, 3.05) is 18.0 Å². The van der Waals surface area contributed by atoms with Crippen molar-refractivity contribution >= 4 is 5.69 Å². The topological polar surface area (TPSA) is 3.24 Å². The van der Waals surface area contributed by atoms with Crippen LogP contribution in [0, 0.1) is 0 Å². The molecule has 2 aliphatic rings. The number of anilines is 1. The van der Waals surface area contributed by atoms with E-state index in [1.54, 1.807) is 0 Å². The molecule has 3 rings (SSSR count). The molecule has 1 aromatic rings. The third-order valence-corrected chi connectivity index (χ3v) is 3.72. The Hall–Kier alpha value is -1.76. The Morgan fingerprint density at radius 1 is 0.778 bits per heavy atom. The monoisotopic (exact) mass is 237 g/mol. The summed E-state index contributed by atoms with van der Waals surface area (Å²) in [5, 5.41) is 0. The van der Waals surface area contributed by atoms with Crippen LogP contribution < -0.4 is 4.90 Å². The lowest BCUT2D eigenvalue weighted by atomic mass is 9.98. The molecule has 0 radical (unpaired) electrons. The van der Waals surface area contributed by atoms with Crippen LogP contribution in [0.3, 0.4) is 0 Å². The molecule has 1 fully saturated rings. The molecule has 0 spiro atoms. The Bertz CT molecular complexity index is 457. The molecule has 0 amide bonds. The van der Waals surface area contributed by atoms with Crippen molar-refractivity contribution < 1.29 is 0 Å². The predicted molar refractivity (Wildman–Crippen MR) is 78.1 cm³/mol. The van der Waals surface area contributed by atoms with Crippen LogP contribution in [0.25, 0.3) is 0 Å². The van der Waals surface area contributed by atoms with E-state index in [0.717, 1.165) is 0 Å². The summed E-state index contributed by atoms with van der Waals surface area (Å²) in [5.74, 6) is 0.410.